The Morgan fingerprint density at radius 3 is 3.00 bits per heavy atom. The van der Waals surface area contributed by atoms with E-state index in [-0.39, 0.29) is 5.82 Å². The van der Waals surface area contributed by atoms with Gasteiger partial charge in [-0.1, -0.05) is 6.07 Å². The van der Waals surface area contributed by atoms with Crippen molar-refractivity contribution in [2.45, 2.75) is 19.4 Å². The monoisotopic (exact) mass is 246 g/mol. The Hall–Kier alpha value is -1.84. The van der Waals surface area contributed by atoms with Gasteiger partial charge in [0.05, 0.1) is 18.9 Å². The first kappa shape index (κ1) is 11.3. The van der Waals surface area contributed by atoms with Crippen molar-refractivity contribution in [2.75, 3.05) is 7.11 Å². The van der Waals surface area contributed by atoms with Gasteiger partial charge in [-0.15, -0.1) is 0 Å². The molecule has 1 aromatic heterocycles. The minimum absolute atomic E-state index is 0.277. The number of rotatable bonds is 4. The Bertz CT molecular complexity index is 561. The number of hydrogen-bond acceptors (Lipinski definition) is 2. The molecule has 2 aromatic rings. The Balaban J connectivity index is 1.95. The van der Waals surface area contributed by atoms with Crippen LogP contribution in [0.2, 0.25) is 0 Å². The molecule has 1 saturated carbocycles. The van der Waals surface area contributed by atoms with Gasteiger partial charge in [0, 0.05) is 18.3 Å². The molecule has 0 unspecified atom stereocenters. The lowest BCUT2D eigenvalue weighted by molar-refractivity contribution is 0.413. The minimum Gasteiger partial charge on any atom is -0.496 e. The minimum atomic E-state index is -0.277. The van der Waals surface area contributed by atoms with E-state index in [4.69, 9.17) is 4.74 Å². The summed E-state index contributed by atoms with van der Waals surface area (Å²) in [5, 5.41) is 4.28. The predicted octanol–water partition coefficient (Wildman–Crippen LogP) is 3.11. The topological polar surface area (TPSA) is 27.1 Å². The molecule has 0 saturated heterocycles. The summed E-state index contributed by atoms with van der Waals surface area (Å²) in [5.74, 6) is 1.02. The van der Waals surface area contributed by atoms with Crippen LogP contribution in [0.1, 0.15) is 12.8 Å². The van der Waals surface area contributed by atoms with Crippen molar-refractivity contribution >= 4 is 0 Å². The second-order valence-corrected chi connectivity index (χ2v) is 4.71. The number of ether oxygens (including phenoxy) is 1. The summed E-state index contributed by atoms with van der Waals surface area (Å²) in [6, 6.07) is 4.85. The van der Waals surface area contributed by atoms with Gasteiger partial charge in [-0.05, 0) is 30.9 Å². The molecule has 3 rings (SSSR count). The highest BCUT2D eigenvalue weighted by Gasteiger charge is 2.22. The quantitative estimate of drug-likeness (QED) is 0.828. The van der Waals surface area contributed by atoms with Crippen LogP contribution in [-0.2, 0) is 6.54 Å². The number of hydrogen-bond donors (Lipinski definition) is 0. The van der Waals surface area contributed by atoms with E-state index in [1.807, 2.05) is 10.9 Å². The first-order valence-corrected chi connectivity index (χ1v) is 6.13. The number of nitrogens with zero attached hydrogens (tertiary/aromatic N) is 2. The molecule has 0 spiro atoms. The standard InChI is InChI=1S/C14H15FN2O/c1-18-13-4-2-3-12(15)14(13)11-7-16-17(9-11)8-10-5-6-10/h2-4,7,9-10H,5-6,8H2,1H3. The van der Waals surface area contributed by atoms with Crippen LogP contribution >= 0.6 is 0 Å². The van der Waals surface area contributed by atoms with Gasteiger partial charge in [-0.25, -0.2) is 4.39 Å². The number of aromatic nitrogens is 2. The van der Waals surface area contributed by atoms with Gasteiger partial charge in [0.15, 0.2) is 0 Å². The van der Waals surface area contributed by atoms with Crippen LogP contribution in [0.5, 0.6) is 5.75 Å². The predicted molar refractivity (Wildman–Crippen MR) is 66.9 cm³/mol. The van der Waals surface area contributed by atoms with Gasteiger partial charge >= 0.3 is 0 Å². The van der Waals surface area contributed by atoms with Crippen LogP contribution < -0.4 is 4.74 Å². The van der Waals surface area contributed by atoms with E-state index in [9.17, 15) is 4.39 Å². The summed E-state index contributed by atoms with van der Waals surface area (Å²) < 4.78 is 21.0. The second-order valence-electron chi connectivity index (χ2n) is 4.71. The Morgan fingerprint density at radius 1 is 1.44 bits per heavy atom. The molecular formula is C14H15FN2O. The van der Waals surface area contributed by atoms with E-state index >= 15 is 0 Å². The summed E-state index contributed by atoms with van der Waals surface area (Å²) >= 11 is 0. The molecule has 0 amide bonds. The average molecular weight is 246 g/mol. The molecule has 0 aliphatic heterocycles. The van der Waals surface area contributed by atoms with Crippen molar-refractivity contribution < 1.29 is 9.13 Å². The zero-order chi connectivity index (χ0) is 12.5. The number of halogens is 1. The molecule has 0 atom stereocenters. The highest BCUT2D eigenvalue weighted by Crippen LogP contribution is 2.34. The van der Waals surface area contributed by atoms with E-state index in [0.717, 1.165) is 18.0 Å². The van der Waals surface area contributed by atoms with Crippen LogP contribution in [0.4, 0.5) is 4.39 Å². The van der Waals surface area contributed by atoms with Gasteiger partial charge < -0.3 is 4.74 Å². The molecule has 0 radical (unpaired) electrons. The fourth-order valence-corrected chi connectivity index (χ4v) is 2.11. The average Bonchev–Trinajstić information content (AvgIpc) is 3.06. The molecule has 1 aliphatic carbocycles. The molecule has 0 bridgehead atoms. The van der Waals surface area contributed by atoms with E-state index in [1.54, 1.807) is 25.4 Å². The smallest absolute Gasteiger partial charge is 0.134 e. The molecular weight excluding hydrogens is 231 g/mol. The van der Waals surface area contributed by atoms with Crippen molar-refractivity contribution in [3.05, 3.63) is 36.4 Å². The highest BCUT2D eigenvalue weighted by molar-refractivity contribution is 5.69. The molecule has 1 aromatic carbocycles. The molecule has 94 valence electrons. The molecule has 4 heteroatoms. The number of methoxy groups -OCH3 is 1. The van der Waals surface area contributed by atoms with Crippen LogP contribution in [-0.4, -0.2) is 16.9 Å². The summed E-state index contributed by atoms with van der Waals surface area (Å²) in [5.41, 5.74) is 1.26. The van der Waals surface area contributed by atoms with Gasteiger partial charge in [0.2, 0.25) is 0 Å². The number of benzene rings is 1. The van der Waals surface area contributed by atoms with Crippen LogP contribution in [0.3, 0.4) is 0 Å². The maximum atomic E-state index is 13.9. The lowest BCUT2D eigenvalue weighted by Gasteiger charge is -2.07. The lowest BCUT2D eigenvalue weighted by Crippen LogP contribution is -1.99. The fourth-order valence-electron chi connectivity index (χ4n) is 2.11. The van der Waals surface area contributed by atoms with E-state index in [2.05, 4.69) is 5.10 Å². The largest absolute Gasteiger partial charge is 0.496 e. The second kappa shape index (κ2) is 4.44. The molecule has 1 heterocycles. The third-order valence-electron chi connectivity index (χ3n) is 3.26. The van der Waals surface area contributed by atoms with Crippen LogP contribution in [0.15, 0.2) is 30.6 Å². The SMILES string of the molecule is COc1cccc(F)c1-c1cnn(CC2CC2)c1. The van der Waals surface area contributed by atoms with Crippen molar-refractivity contribution in [3.8, 4) is 16.9 Å². The van der Waals surface area contributed by atoms with Gasteiger partial charge in [-0.2, -0.15) is 5.10 Å². The molecule has 3 nitrogen and oxygen atoms in total. The zero-order valence-electron chi connectivity index (χ0n) is 10.3. The lowest BCUT2D eigenvalue weighted by atomic mass is 10.1. The molecule has 0 N–H and O–H groups in total. The maximum absolute atomic E-state index is 13.9. The van der Waals surface area contributed by atoms with Crippen molar-refractivity contribution in [1.82, 2.24) is 9.78 Å². The first-order chi connectivity index (χ1) is 8.78. The van der Waals surface area contributed by atoms with Gasteiger partial charge in [0.1, 0.15) is 11.6 Å². The summed E-state index contributed by atoms with van der Waals surface area (Å²) in [4.78, 5) is 0. The third kappa shape index (κ3) is 2.10. The fraction of sp³-hybridized carbons (Fsp3) is 0.357. The van der Waals surface area contributed by atoms with Crippen molar-refractivity contribution in [1.29, 1.82) is 0 Å². The summed E-state index contributed by atoms with van der Waals surface area (Å²) in [7, 11) is 1.55. The van der Waals surface area contributed by atoms with Crippen LogP contribution in [0.25, 0.3) is 11.1 Å². The van der Waals surface area contributed by atoms with Gasteiger partial charge in [0.25, 0.3) is 0 Å². The molecule has 1 aliphatic rings. The molecule has 18 heavy (non-hydrogen) atoms. The third-order valence-corrected chi connectivity index (χ3v) is 3.26. The van der Waals surface area contributed by atoms with E-state index < -0.39 is 0 Å². The van der Waals surface area contributed by atoms with Gasteiger partial charge in [-0.3, -0.25) is 4.68 Å². The Morgan fingerprint density at radius 2 is 2.28 bits per heavy atom. The summed E-state index contributed by atoms with van der Waals surface area (Å²) in [6.45, 7) is 0.927. The van der Waals surface area contributed by atoms with Crippen LogP contribution in [0, 0.1) is 11.7 Å². The van der Waals surface area contributed by atoms with Crippen molar-refractivity contribution in [2.24, 2.45) is 5.92 Å². The maximum Gasteiger partial charge on any atom is 0.134 e. The zero-order valence-corrected chi connectivity index (χ0v) is 10.3. The highest BCUT2D eigenvalue weighted by atomic mass is 19.1. The van der Waals surface area contributed by atoms with E-state index in [0.29, 0.717) is 11.3 Å². The summed E-state index contributed by atoms with van der Waals surface area (Å²) in [6.07, 6.45) is 6.14. The normalized spacial score (nSPS) is 14.8. The van der Waals surface area contributed by atoms with E-state index in [1.165, 1.54) is 18.9 Å². The Kier molecular flexibility index (Phi) is 2.78. The Labute approximate surface area is 105 Å². The first-order valence-electron chi connectivity index (χ1n) is 6.13. The molecule has 1 fully saturated rings. The van der Waals surface area contributed by atoms with Crippen molar-refractivity contribution in [3.63, 3.8) is 0 Å².